The molecule has 1 aromatic carbocycles. The molecule has 0 aliphatic rings. The van der Waals surface area contributed by atoms with Gasteiger partial charge in [0, 0.05) is 10.7 Å². The third kappa shape index (κ3) is 3.76. The molecule has 82 valence electrons. The molecule has 1 aromatic rings. The first-order chi connectivity index (χ1) is 7.00. The minimum Gasteiger partial charge on any atom is -0.325 e. The minimum absolute atomic E-state index is 0.101. The lowest BCUT2D eigenvalue weighted by Crippen LogP contribution is -2.27. The van der Waals surface area contributed by atoms with Gasteiger partial charge in [0.2, 0.25) is 5.91 Å². The van der Waals surface area contributed by atoms with Crippen LogP contribution in [0.15, 0.2) is 24.3 Å². The van der Waals surface area contributed by atoms with E-state index in [-0.39, 0.29) is 17.1 Å². The molecule has 0 saturated heterocycles. The summed E-state index contributed by atoms with van der Waals surface area (Å²) in [5.74, 6) is 0.100. The molecule has 0 radical (unpaired) electrons. The van der Waals surface area contributed by atoms with Crippen molar-refractivity contribution in [2.24, 2.45) is 5.92 Å². The molecule has 0 spiro atoms. The van der Waals surface area contributed by atoms with E-state index in [9.17, 15) is 4.79 Å². The van der Waals surface area contributed by atoms with Gasteiger partial charge < -0.3 is 5.32 Å². The first-order valence-electron chi connectivity index (χ1n) is 4.75. The quantitative estimate of drug-likeness (QED) is 0.785. The minimum atomic E-state index is -0.302. The summed E-state index contributed by atoms with van der Waals surface area (Å²) in [5.41, 5.74) is 0.701. The second-order valence-corrected chi connectivity index (χ2v) is 4.68. The Morgan fingerprint density at radius 3 is 2.67 bits per heavy atom. The Labute approximate surface area is 100 Å². The summed E-state index contributed by atoms with van der Waals surface area (Å²) >= 11 is 10.0. The number of hydrogen-bond donors (Lipinski definition) is 2. The van der Waals surface area contributed by atoms with Crippen LogP contribution in [0, 0.1) is 5.92 Å². The number of hydrogen-bond acceptors (Lipinski definition) is 2. The van der Waals surface area contributed by atoms with Gasteiger partial charge in [0.15, 0.2) is 0 Å². The van der Waals surface area contributed by atoms with Crippen LogP contribution in [-0.2, 0) is 4.79 Å². The Morgan fingerprint density at radius 1 is 1.47 bits per heavy atom. The lowest BCUT2D eigenvalue weighted by Gasteiger charge is -2.14. The standard InChI is InChI=1S/C11H14ClNOS/c1-7(2)10(15)11(14)13-9-5-3-4-8(12)6-9/h3-7,10,15H,1-2H3,(H,13,14). The zero-order chi connectivity index (χ0) is 11.4. The Morgan fingerprint density at radius 2 is 2.13 bits per heavy atom. The first-order valence-corrected chi connectivity index (χ1v) is 5.64. The molecule has 0 saturated carbocycles. The molecule has 1 N–H and O–H groups in total. The van der Waals surface area contributed by atoms with Gasteiger partial charge in [-0.3, -0.25) is 4.79 Å². The maximum atomic E-state index is 11.6. The van der Waals surface area contributed by atoms with E-state index < -0.39 is 0 Å². The van der Waals surface area contributed by atoms with Crippen molar-refractivity contribution in [1.29, 1.82) is 0 Å². The molecular formula is C11H14ClNOS. The number of carbonyl (C=O) groups is 1. The van der Waals surface area contributed by atoms with Crippen molar-refractivity contribution in [3.63, 3.8) is 0 Å². The lowest BCUT2D eigenvalue weighted by molar-refractivity contribution is -0.116. The molecule has 0 aromatic heterocycles. The molecule has 0 aliphatic heterocycles. The molecule has 1 unspecified atom stereocenters. The van der Waals surface area contributed by atoms with Crippen LogP contribution >= 0.6 is 24.2 Å². The highest BCUT2D eigenvalue weighted by molar-refractivity contribution is 7.81. The molecule has 2 nitrogen and oxygen atoms in total. The van der Waals surface area contributed by atoms with E-state index in [1.165, 1.54) is 0 Å². The van der Waals surface area contributed by atoms with E-state index in [1.807, 2.05) is 13.8 Å². The summed E-state index contributed by atoms with van der Waals surface area (Å²) in [7, 11) is 0. The van der Waals surface area contributed by atoms with Crippen LogP contribution in [0.2, 0.25) is 5.02 Å². The van der Waals surface area contributed by atoms with E-state index in [4.69, 9.17) is 11.6 Å². The summed E-state index contributed by atoms with van der Waals surface area (Å²) in [6.07, 6.45) is 0. The fourth-order valence-corrected chi connectivity index (χ4v) is 1.34. The topological polar surface area (TPSA) is 29.1 Å². The third-order valence-electron chi connectivity index (χ3n) is 1.99. The fraction of sp³-hybridized carbons (Fsp3) is 0.364. The average Bonchev–Trinajstić information content (AvgIpc) is 2.16. The summed E-state index contributed by atoms with van der Waals surface area (Å²) in [6, 6.07) is 7.06. The van der Waals surface area contributed by atoms with Crippen LogP contribution in [0.5, 0.6) is 0 Å². The highest BCUT2D eigenvalue weighted by atomic mass is 35.5. The van der Waals surface area contributed by atoms with E-state index in [1.54, 1.807) is 24.3 Å². The monoisotopic (exact) mass is 243 g/mol. The van der Waals surface area contributed by atoms with Crippen LogP contribution in [0.1, 0.15) is 13.8 Å². The van der Waals surface area contributed by atoms with Crippen molar-refractivity contribution >= 4 is 35.8 Å². The SMILES string of the molecule is CC(C)C(S)C(=O)Nc1cccc(Cl)c1. The molecule has 15 heavy (non-hydrogen) atoms. The van der Waals surface area contributed by atoms with Gasteiger partial charge in [0.05, 0.1) is 5.25 Å². The molecule has 0 heterocycles. The van der Waals surface area contributed by atoms with Crippen molar-refractivity contribution in [3.8, 4) is 0 Å². The van der Waals surface area contributed by atoms with Crippen LogP contribution in [0.3, 0.4) is 0 Å². The van der Waals surface area contributed by atoms with Crippen LogP contribution in [0.25, 0.3) is 0 Å². The zero-order valence-corrected chi connectivity index (χ0v) is 10.3. The number of halogens is 1. The zero-order valence-electron chi connectivity index (χ0n) is 8.70. The van der Waals surface area contributed by atoms with Crippen molar-refractivity contribution in [1.82, 2.24) is 0 Å². The molecule has 0 bridgehead atoms. The van der Waals surface area contributed by atoms with E-state index >= 15 is 0 Å². The number of benzene rings is 1. The van der Waals surface area contributed by atoms with Crippen molar-refractivity contribution in [3.05, 3.63) is 29.3 Å². The number of nitrogens with one attached hydrogen (secondary N) is 1. The lowest BCUT2D eigenvalue weighted by atomic mass is 10.1. The van der Waals surface area contributed by atoms with Gasteiger partial charge in [0.25, 0.3) is 0 Å². The first kappa shape index (κ1) is 12.4. The van der Waals surface area contributed by atoms with Crippen molar-refractivity contribution < 1.29 is 4.79 Å². The van der Waals surface area contributed by atoms with Gasteiger partial charge in [-0.25, -0.2) is 0 Å². The maximum absolute atomic E-state index is 11.6. The predicted molar refractivity (Wildman–Crippen MR) is 67.7 cm³/mol. The number of carbonyl (C=O) groups excluding carboxylic acids is 1. The fourth-order valence-electron chi connectivity index (χ4n) is 1.09. The maximum Gasteiger partial charge on any atom is 0.237 e. The molecule has 4 heteroatoms. The Bertz CT molecular complexity index is 354. The number of anilines is 1. The molecular weight excluding hydrogens is 230 g/mol. The third-order valence-corrected chi connectivity index (χ3v) is 3.06. The Hall–Kier alpha value is -0.670. The highest BCUT2D eigenvalue weighted by Gasteiger charge is 2.17. The van der Waals surface area contributed by atoms with E-state index in [0.29, 0.717) is 10.7 Å². The van der Waals surface area contributed by atoms with Crippen LogP contribution in [-0.4, -0.2) is 11.2 Å². The molecule has 0 fully saturated rings. The van der Waals surface area contributed by atoms with Crippen LogP contribution < -0.4 is 5.32 Å². The van der Waals surface area contributed by atoms with E-state index in [2.05, 4.69) is 17.9 Å². The Kier molecular flexibility index (Phi) is 4.48. The second-order valence-electron chi connectivity index (χ2n) is 3.69. The van der Waals surface area contributed by atoms with Gasteiger partial charge in [-0.2, -0.15) is 12.6 Å². The van der Waals surface area contributed by atoms with Gasteiger partial charge in [-0.05, 0) is 24.1 Å². The summed E-state index contributed by atoms with van der Waals surface area (Å²) in [6.45, 7) is 3.91. The number of amides is 1. The summed E-state index contributed by atoms with van der Waals surface area (Å²) < 4.78 is 0. The number of rotatable bonds is 3. The largest absolute Gasteiger partial charge is 0.325 e. The normalized spacial score (nSPS) is 12.6. The van der Waals surface area contributed by atoms with E-state index in [0.717, 1.165) is 0 Å². The van der Waals surface area contributed by atoms with Gasteiger partial charge in [-0.1, -0.05) is 31.5 Å². The smallest absolute Gasteiger partial charge is 0.237 e. The Balaban J connectivity index is 2.66. The predicted octanol–water partition coefficient (Wildman–Crippen LogP) is 3.23. The molecule has 0 aliphatic carbocycles. The van der Waals surface area contributed by atoms with Crippen molar-refractivity contribution in [2.45, 2.75) is 19.1 Å². The van der Waals surface area contributed by atoms with Crippen molar-refractivity contribution in [2.75, 3.05) is 5.32 Å². The van der Waals surface area contributed by atoms with Gasteiger partial charge in [0.1, 0.15) is 0 Å². The molecule has 1 rings (SSSR count). The van der Waals surface area contributed by atoms with Gasteiger partial charge >= 0.3 is 0 Å². The average molecular weight is 244 g/mol. The van der Waals surface area contributed by atoms with Gasteiger partial charge in [-0.15, -0.1) is 0 Å². The highest BCUT2D eigenvalue weighted by Crippen LogP contribution is 2.17. The van der Waals surface area contributed by atoms with Crippen LogP contribution in [0.4, 0.5) is 5.69 Å². The molecule has 1 atom stereocenters. The second kappa shape index (κ2) is 5.42. The summed E-state index contributed by atoms with van der Waals surface area (Å²) in [4.78, 5) is 11.6. The molecule has 1 amide bonds. The number of thiol groups is 1. The summed E-state index contributed by atoms with van der Waals surface area (Å²) in [5, 5.41) is 3.07.